The summed E-state index contributed by atoms with van der Waals surface area (Å²) in [6.07, 6.45) is 0.770. The van der Waals surface area contributed by atoms with Crippen molar-refractivity contribution in [3.63, 3.8) is 0 Å². The lowest BCUT2D eigenvalue weighted by Crippen LogP contribution is -1.95. The van der Waals surface area contributed by atoms with Crippen molar-refractivity contribution in [1.29, 1.82) is 0 Å². The molecule has 0 fully saturated rings. The second-order valence-corrected chi connectivity index (χ2v) is 3.13. The fraction of sp³-hybridized carbons (Fsp3) is 0.250. The smallest absolute Gasteiger partial charge is 0.227 e. The van der Waals surface area contributed by atoms with Crippen LogP contribution in [0.2, 0.25) is 0 Å². The number of aromatic nitrogens is 1. The lowest BCUT2D eigenvalue weighted by atomic mass is 10.2. The van der Waals surface area contributed by atoms with Gasteiger partial charge in [-0.05, 0) is 28.9 Å². The summed E-state index contributed by atoms with van der Waals surface area (Å²) in [5, 5.41) is 0. The van der Waals surface area contributed by atoms with Gasteiger partial charge in [-0.25, -0.2) is 4.98 Å². The van der Waals surface area contributed by atoms with E-state index < -0.39 is 0 Å². The number of pyridine rings is 1. The number of carbonyl (C=O) groups is 1. The molecule has 0 N–H and O–H groups in total. The molecule has 0 amide bonds. The third-order valence-corrected chi connectivity index (χ3v) is 2.06. The molecule has 1 aromatic heterocycles. The standard InChI is InChI=1S/C8H8BrNO2/c1-5-6(4-11)3-7(9)8(10-5)12-2/h3-4H,1-2H3. The lowest BCUT2D eigenvalue weighted by Gasteiger charge is -2.04. The Hall–Kier alpha value is -0.900. The minimum atomic E-state index is 0.498. The summed E-state index contributed by atoms with van der Waals surface area (Å²) in [5.74, 6) is 0.498. The normalized spacial score (nSPS) is 9.58. The molecule has 0 aliphatic rings. The number of aldehydes is 1. The Kier molecular flexibility index (Phi) is 2.81. The van der Waals surface area contributed by atoms with Gasteiger partial charge in [0.15, 0.2) is 6.29 Å². The van der Waals surface area contributed by atoms with E-state index in [1.165, 1.54) is 7.11 Å². The van der Waals surface area contributed by atoms with Gasteiger partial charge in [-0.2, -0.15) is 0 Å². The number of rotatable bonds is 2. The molecule has 0 radical (unpaired) electrons. The van der Waals surface area contributed by atoms with E-state index in [9.17, 15) is 4.79 Å². The highest BCUT2D eigenvalue weighted by atomic mass is 79.9. The zero-order valence-electron chi connectivity index (χ0n) is 6.80. The molecule has 0 aromatic carbocycles. The van der Waals surface area contributed by atoms with Gasteiger partial charge >= 0.3 is 0 Å². The van der Waals surface area contributed by atoms with Gasteiger partial charge in [-0.1, -0.05) is 0 Å². The van der Waals surface area contributed by atoms with Gasteiger partial charge < -0.3 is 4.74 Å². The highest BCUT2D eigenvalue weighted by Crippen LogP contribution is 2.23. The van der Waals surface area contributed by atoms with Crippen LogP contribution >= 0.6 is 15.9 Å². The van der Waals surface area contributed by atoms with Crippen molar-refractivity contribution in [1.82, 2.24) is 4.98 Å². The Morgan fingerprint density at radius 1 is 1.67 bits per heavy atom. The van der Waals surface area contributed by atoms with Gasteiger partial charge in [0.1, 0.15) is 0 Å². The first kappa shape index (κ1) is 9.19. The average Bonchev–Trinajstić information content (AvgIpc) is 2.08. The number of halogens is 1. The van der Waals surface area contributed by atoms with Crippen molar-refractivity contribution in [3.8, 4) is 5.88 Å². The fourth-order valence-corrected chi connectivity index (χ4v) is 1.33. The Morgan fingerprint density at radius 3 is 2.83 bits per heavy atom. The first-order valence-corrected chi connectivity index (χ1v) is 4.14. The van der Waals surface area contributed by atoms with Crippen molar-refractivity contribution in [2.75, 3.05) is 7.11 Å². The summed E-state index contributed by atoms with van der Waals surface area (Å²) in [6.45, 7) is 1.76. The molecule has 0 unspecified atom stereocenters. The van der Waals surface area contributed by atoms with E-state index in [0.29, 0.717) is 21.6 Å². The fourth-order valence-electron chi connectivity index (χ4n) is 0.835. The molecule has 3 nitrogen and oxygen atoms in total. The maximum absolute atomic E-state index is 10.5. The number of carbonyl (C=O) groups excluding carboxylic acids is 1. The topological polar surface area (TPSA) is 39.2 Å². The van der Waals surface area contributed by atoms with Crippen LogP contribution in [0, 0.1) is 6.92 Å². The Labute approximate surface area is 78.9 Å². The van der Waals surface area contributed by atoms with Gasteiger partial charge in [0, 0.05) is 5.56 Å². The summed E-state index contributed by atoms with van der Waals surface area (Å²) < 4.78 is 5.64. The number of ether oxygens (including phenoxy) is 1. The summed E-state index contributed by atoms with van der Waals surface area (Å²) in [4.78, 5) is 14.5. The Bertz CT molecular complexity index is 312. The van der Waals surface area contributed by atoms with Crippen LogP contribution < -0.4 is 4.74 Å². The van der Waals surface area contributed by atoms with E-state index in [-0.39, 0.29) is 0 Å². The Balaban J connectivity index is 3.25. The van der Waals surface area contributed by atoms with Crippen LogP contribution in [0.4, 0.5) is 0 Å². The third-order valence-electron chi connectivity index (χ3n) is 1.49. The molecule has 0 atom stereocenters. The quantitative estimate of drug-likeness (QED) is 0.729. The van der Waals surface area contributed by atoms with Crippen LogP contribution in [0.5, 0.6) is 5.88 Å². The molecular weight excluding hydrogens is 222 g/mol. The molecule has 4 heteroatoms. The van der Waals surface area contributed by atoms with Gasteiger partial charge in [0.2, 0.25) is 5.88 Å². The van der Waals surface area contributed by atoms with E-state index >= 15 is 0 Å². The van der Waals surface area contributed by atoms with Crippen molar-refractivity contribution in [2.24, 2.45) is 0 Å². The van der Waals surface area contributed by atoms with Crippen molar-refractivity contribution in [3.05, 3.63) is 21.8 Å². The van der Waals surface area contributed by atoms with Crippen LogP contribution in [0.3, 0.4) is 0 Å². The molecule has 12 heavy (non-hydrogen) atoms. The molecule has 0 saturated heterocycles. The monoisotopic (exact) mass is 229 g/mol. The number of methoxy groups -OCH3 is 1. The van der Waals surface area contributed by atoms with E-state index in [0.717, 1.165) is 6.29 Å². The predicted octanol–water partition coefficient (Wildman–Crippen LogP) is 1.97. The lowest BCUT2D eigenvalue weighted by molar-refractivity contribution is 0.112. The number of hydrogen-bond acceptors (Lipinski definition) is 3. The van der Waals surface area contributed by atoms with Gasteiger partial charge in [0.05, 0.1) is 17.3 Å². The van der Waals surface area contributed by atoms with Crippen LogP contribution in [-0.2, 0) is 0 Å². The molecule has 0 spiro atoms. The Morgan fingerprint density at radius 2 is 2.33 bits per heavy atom. The maximum atomic E-state index is 10.5. The van der Waals surface area contributed by atoms with Gasteiger partial charge in [0.25, 0.3) is 0 Å². The number of aryl methyl sites for hydroxylation is 1. The summed E-state index contributed by atoms with van der Waals surface area (Å²) in [5.41, 5.74) is 1.24. The van der Waals surface area contributed by atoms with Gasteiger partial charge in [-0.15, -0.1) is 0 Å². The van der Waals surface area contributed by atoms with E-state index in [1.807, 2.05) is 0 Å². The molecule has 0 bridgehead atoms. The number of nitrogens with zero attached hydrogens (tertiary/aromatic N) is 1. The molecule has 0 aliphatic carbocycles. The SMILES string of the molecule is COc1nc(C)c(C=O)cc1Br. The first-order chi connectivity index (χ1) is 5.69. The van der Waals surface area contributed by atoms with E-state index in [1.54, 1.807) is 13.0 Å². The minimum absolute atomic E-state index is 0.498. The highest BCUT2D eigenvalue weighted by Gasteiger charge is 2.05. The predicted molar refractivity (Wildman–Crippen MR) is 48.6 cm³/mol. The minimum Gasteiger partial charge on any atom is -0.480 e. The van der Waals surface area contributed by atoms with Gasteiger partial charge in [-0.3, -0.25) is 4.79 Å². The molecular formula is C8H8BrNO2. The molecule has 0 aliphatic heterocycles. The first-order valence-electron chi connectivity index (χ1n) is 3.35. The summed E-state index contributed by atoms with van der Waals surface area (Å²) >= 11 is 3.24. The average molecular weight is 230 g/mol. The third kappa shape index (κ3) is 1.64. The highest BCUT2D eigenvalue weighted by molar-refractivity contribution is 9.10. The second-order valence-electron chi connectivity index (χ2n) is 2.27. The maximum Gasteiger partial charge on any atom is 0.227 e. The van der Waals surface area contributed by atoms with Crippen molar-refractivity contribution < 1.29 is 9.53 Å². The van der Waals surface area contributed by atoms with Crippen LogP contribution in [-0.4, -0.2) is 18.4 Å². The molecule has 1 heterocycles. The second kappa shape index (κ2) is 3.67. The van der Waals surface area contributed by atoms with E-state index in [4.69, 9.17) is 4.74 Å². The van der Waals surface area contributed by atoms with E-state index in [2.05, 4.69) is 20.9 Å². The molecule has 0 saturated carbocycles. The van der Waals surface area contributed by atoms with Crippen LogP contribution in [0.25, 0.3) is 0 Å². The summed E-state index contributed by atoms with van der Waals surface area (Å²) in [7, 11) is 1.53. The van der Waals surface area contributed by atoms with Crippen molar-refractivity contribution >= 4 is 22.2 Å². The zero-order chi connectivity index (χ0) is 9.14. The molecule has 64 valence electrons. The summed E-state index contributed by atoms with van der Waals surface area (Å²) in [6, 6.07) is 1.69. The molecule has 1 aromatic rings. The largest absolute Gasteiger partial charge is 0.480 e. The van der Waals surface area contributed by atoms with Crippen molar-refractivity contribution in [2.45, 2.75) is 6.92 Å². The van der Waals surface area contributed by atoms with Crippen LogP contribution in [0.1, 0.15) is 16.1 Å². The zero-order valence-corrected chi connectivity index (χ0v) is 8.38. The molecule has 1 rings (SSSR count). The number of hydrogen-bond donors (Lipinski definition) is 0. The van der Waals surface area contributed by atoms with Crippen LogP contribution in [0.15, 0.2) is 10.5 Å².